The zero-order valence-electron chi connectivity index (χ0n) is 10.6. The van der Waals surface area contributed by atoms with Crippen LogP contribution < -0.4 is 10.1 Å². The number of aromatic nitrogens is 1. The quantitative estimate of drug-likeness (QED) is 0.846. The average Bonchev–Trinajstić information content (AvgIpc) is 2.33. The molecule has 0 aliphatic rings. The second kappa shape index (κ2) is 6.46. The molecule has 0 saturated carbocycles. The third-order valence-electron chi connectivity index (χ3n) is 2.33. The van der Waals surface area contributed by atoms with Crippen molar-refractivity contribution in [2.75, 3.05) is 6.54 Å². The molecule has 1 rings (SSSR count). The lowest BCUT2D eigenvalue weighted by molar-refractivity contribution is -0.300. The highest BCUT2D eigenvalue weighted by atomic mass is 19.4. The molecule has 0 unspecified atom stereocenters. The van der Waals surface area contributed by atoms with E-state index in [1.807, 2.05) is 0 Å². The Morgan fingerprint density at radius 2 is 1.76 bits per heavy atom. The van der Waals surface area contributed by atoms with E-state index in [1.165, 1.54) is 0 Å². The number of pyridine rings is 1. The Kier molecular flexibility index (Phi) is 5.37. The molecule has 0 spiro atoms. The van der Waals surface area contributed by atoms with Gasteiger partial charge in [0.15, 0.2) is 5.82 Å². The summed E-state index contributed by atoms with van der Waals surface area (Å²) in [6, 6.07) is 1.13. The maximum absolute atomic E-state index is 13.8. The van der Waals surface area contributed by atoms with E-state index in [0.29, 0.717) is 6.54 Å². The van der Waals surface area contributed by atoms with Crippen LogP contribution in [0, 0.1) is 5.82 Å². The maximum Gasteiger partial charge on any atom is 0.434 e. The number of nitrogens with zero attached hydrogens (tertiary/aromatic N) is 1. The molecule has 0 aliphatic heterocycles. The molecule has 0 bridgehead atoms. The number of rotatable bonds is 5. The van der Waals surface area contributed by atoms with Gasteiger partial charge >= 0.3 is 12.4 Å². The lowest BCUT2D eigenvalue weighted by Crippen LogP contribution is -2.46. The molecule has 21 heavy (non-hydrogen) atoms. The van der Waals surface area contributed by atoms with Crippen LogP contribution in [0.25, 0.3) is 0 Å². The molecule has 10 heteroatoms. The van der Waals surface area contributed by atoms with Gasteiger partial charge in [0.25, 0.3) is 12.0 Å². The SMILES string of the molecule is CCNCc1ccnc(OC(C(F)(F)F)C(F)(F)F)c1F. The first-order chi connectivity index (χ1) is 9.57. The summed E-state index contributed by atoms with van der Waals surface area (Å²) < 4.78 is 91.5. The van der Waals surface area contributed by atoms with Crippen molar-refractivity contribution < 1.29 is 35.5 Å². The Morgan fingerprint density at radius 1 is 1.19 bits per heavy atom. The second-order valence-electron chi connectivity index (χ2n) is 3.95. The fourth-order valence-corrected chi connectivity index (χ4v) is 1.37. The highest BCUT2D eigenvalue weighted by Crippen LogP contribution is 2.36. The summed E-state index contributed by atoms with van der Waals surface area (Å²) in [6.07, 6.45) is -14.7. The smallest absolute Gasteiger partial charge is 0.434 e. The molecule has 1 aromatic heterocycles. The zero-order chi connectivity index (χ0) is 16.3. The number of halogens is 7. The van der Waals surface area contributed by atoms with Crippen LogP contribution in [0.15, 0.2) is 12.3 Å². The standard InChI is InChI=1S/C11H11F7N2O/c1-2-19-5-6-3-4-20-8(7(6)12)21-9(10(13,14)15)11(16,17)18/h3-4,9,19H,2,5H2,1H3. The minimum absolute atomic E-state index is 0.0794. The summed E-state index contributed by atoms with van der Waals surface area (Å²) in [5.41, 5.74) is -0.148. The minimum Gasteiger partial charge on any atom is -0.453 e. The van der Waals surface area contributed by atoms with Crippen molar-refractivity contribution in [2.45, 2.75) is 31.9 Å². The predicted octanol–water partition coefficient (Wildman–Crippen LogP) is 3.20. The number of alkyl halides is 6. The number of ether oxygens (including phenoxy) is 1. The van der Waals surface area contributed by atoms with Crippen LogP contribution >= 0.6 is 0 Å². The third-order valence-corrected chi connectivity index (χ3v) is 2.33. The van der Waals surface area contributed by atoms with E-state index in [2.05, 4.69) is 15.0 Å². The first kappa shape index (κ1) is 17.5. The molecule has 0 radical (unpaired) electrons. The molecule has 0 saturated heterocycles. The minimum atomic E-state index is -5.73. The summed E-state index contributed by atoms with van der Waals surface area (Å²) >= 11 is 0. The molecule has 120 valence electrons. The molecule has 1 aromatic rings. The van der Waals surface area contributed by atoms with Crippen molar-refractivity contribution in [3.8, 4) is 5.88 Å². The van der Waals surface area contributed by atoms with Crippen molar-refractivity contribution >= 4 is 0 Å². The molecule has 1 N–H and O–H groups in total. The highest BCUT2D eigenvalue weighted by molar-refractivity contribution is 5.24. The zero-order valence-corrected chi connectivity index (χ0v) is 10.6. The van der Waals surface area contributed by atoms with Crippen molar-refractivity contribution in [2.24, 2.45) is 0 Å². The van der Waals surface area contributed by atoms with E-state index < -0.39 is 30.2 Å². The molecule has 0 aliphatic carbocycles. The second-order valence-corrected chi connectivity index (χ2v) is 3.95. The largest absolute Gasteiger partial charge is 0.453 e. The van der Waals surface area contributed by atoms with E-state index in [-0.39, 0.29) is 12.1 Å². The Morgan fingerprint density at radius 3 is 2.24 bits per heavy atom. The van der Waals surface area contributed by atoms with Crippen LogP contribution in [0.5, 0.6) is 5.88 Å². The van der Waals surface area contributed by atoms with Crippen molar-refractivity contribution in [3.05, 3.63) is 23.6 Å². The lowest BCUT2D eigenvalue weighted by atomic mass is 10.2. The van der Waals surface area contributed by atoms with Gasteiger partial charge in [-0.1, -0.05) is 6.92 Å². The molecule has 0 fully saturated rings. The Balaban J connectivity index is 3.05. The Hall–Kier alpha value is -1.58. The average molecular weight is 320 g/mol. The van der Waals surface area contributed by atoms with Crippen LogP contribution in [-0.2, 0) is 6.54 Å². The topological polar surface area (TPSA) is 34.2 Å². The van der Waals surface area contributed by atoms with Crippen LogP contribution in [0.2, 0.25) is 0 Å². The van der Waals surface area contributed by atoms with Gasteiger partial charge in [-0.3, -0.25) is 0 Å². The normalized spacial score (nSPS) is 12.8. The lowest BCUT2D eigenvalue weighted by Gasteiger charge is -2.23. The van der Waals surface area contributed by atoms with Gasteiger partial charge in [-0.15, -0.1) is 0 Å². The van der Waals surface area contributed by atoms with Gasteiger partial charge < -0.3 is 10.1 Å². The van der Waals surface area contributed by atoms with Gasteiger partial charge in [0.2, 0.25) is 0 Å². The summed E-state index contributed by atoms with van der Waals surface area (Å²) in [4.78, 5) is 3.09. The Labute approximate surface area is 115 Å². The van der Waals surface area contributed by atoms with Crippen LogP contribution in [0.3, 0.4) is 0 Å². The fraction of sp³-hybridized carbons (Fsp3) is 0.545. The van der Waals surface area contributed by atoms with Crippen molar-refractivity contribution in [3.63, 3.8) is 0 Å². The molecular formula is C11H11F7N2O. The number of nitrogens with one attached hydrogen (secondary N) is 1. The molecule has 0 aromatic carbocycles. The molecule has 1 heterocycles. The van der Waals surface area contributed by atoms with E-state index in [4.69, 9.17) is 0 Å². The number of hydrogen-bond donors (Lipinski definition) is 1. The highest BCUT2D eigenvalue weighted by Gasteiger charge is 2.59. The van der Waals surface area contributed by atoms with E-state index in [9.17, 15) is 30.7 Å². The molecule has 0 atom stereocenters. The van der Waals surface area contributed by atoms with Crippen LogP contribution in [0.4, 0.5) is 30.7 Å². The molecule has 0 amide bonds. The summed E-state index contributed by atoms with van der Waals surface area (Å²) in [5.74, 6) is -2.71. The molecular weight excluding hydrogens is 309 g/mol. The molecule has 3 nitrogen and oxygen atoms in total. The first-order valence-electron chi connectivity index (χ1n) is 5.71. The van der Waals surface area contributed by atoms with E-state index >= 15 is 0 Å². The van der Waals surface area contributed by atoms with Gasteiger partial charge in [0, 0.05) is 18.3 Å². The Bertz CT molecular complexity index is 459. The third kappa shape index (κ3) is 4.73. The maximum atomic E-state index is 13.8. The number of hydrogen-bond acceptors (Lipinski definition) is 3. The van der Waals surface area contributed by atoms with Gasteiger partial charge in [0.1, 0.15) is 0 Å². The predicted molar refractivity (Wildman–Crippen MR) is 58.1 cm³/mol. The van der Waals surface area contributed by atoms with Crippen molar-refractivity contribution in [1.82, 2.24) is 10.3 Å². The van der Waals surface area contributed by atoms with Gasteiger partial charge in [-0.05, 0) is 12.6 Å². The van der Waals surface area contributed by atoms with Crippen molar-refractivity contribution in [1.29, 1.82) is 0 Å². The van der Waals surface area contributed by atoms with Gasteiger partial charge in [-0.2, -0.15) is 26.3 Å². The summed E-state index contributed by atoms with van der Waals surface area (Å²) in [7, 11) is 0. The fourth-order valence-electron chi connectivity index (χ4n) is 1.37. The van der Waals surface area contributed by atoms with Crippen LogP contribution in [-0.4, -0.2) is 30.0 Å². The van der Waals surface area contributed by atoms with E-state index in [1.54, 1.807) is 6.92 Å². The van der Waals surface area contributed by atoms with Gasteiger partial charge in [-0.25, -0.2) is 9.37 Å². The first-order valence-corrected chi connectivity index (χ1v) is 5.71. The van der Waals surface area contributed by atoms with Gasteiger partial charge in [0.05, 0.1) is 0 Å². The summed E-state index contributed by atoms with van der Waals surface area (Å²) in [6.45, 7) is 2.05. The monoisotopic (exact) mass is 320 g/mol. The summed E-state index contributed by atoms with van der Waals surface area (Å²) in [5, 5.41) is 2.68. The van der Waals surface area contributed by atoms with E-state index in [0.717, 1.165) is 12.3 Å². The van der Waals surface area contributed by atoms with Crippen LogP contribution in [0.1, 0.15) is 12.5 Å².